The lowest BCUT2D eigenvalue weighted by Gasteiger charge is -2.23. The van der Waals surface area contributed by atoms with Crippen molar-refractivity contribution >= 4 is 17.6 Å². The van der Waals surface area contributed by atoms with Crippen molar-refractivity contribution in [2.45, 2.75) is 58.8 Å². The van der Waals surface area contributed by atoms with E-state index in [9.17, 15) is 9.59 Å². The van der Waals surface area contributed by atoms with Gasteiger partial charge in [-0.05, 0) is 35.8 Å². The quantitative estimate of drug-likeness (QED) is 0.847. The Morgan fingerprint density at radius 1 is 1.19 bits per heavy atom. The Labute approximate surface area is 160 Å². The van der Waals surface area contributed by atoms with E-state index >= 15 is 0 Å². The van der Waals surface area contributed by atoms with Crippen LogP contribution < -0.4 is 5.32 Å². The molecule has 0 fully saturated rings. The van der Waals surface area contributed by atoms with Crippen molar-refractivity contribution in [3.63, 3.8) is 0 Å². The predicted molar refractivity (Wildman–Crippen MR) is 106 cm³/mol. The number of anilines is 1. The van der Waals surface area contributed by atoms with Crippen LogP contribution in [0.15, 0.2) is 30.5 Å². The molecule has 1 heterocycles. The first-order valence-corrected chi connectivity index (χ1v) is 9.68. The molecule has 1 aliphatic rings. The molecular formula is C22H27N3O2. The van der Waals surface area contributed by atoms with E-state index < -0.39 is 0 Å². The molecule has 0 saturated heterocycles. The molecule has 2 atom stereocenters. The number of carbonyl (C=O) groups is 2. The molecule has 5 nitrogen and oxygen atoms in total. The Kier molecular flexibility index (Phi) is 5.68. The minimum absolute atomic E-state index is 0.0639. The third kappa shape index (κ3) is 4.24. The van der Waals surface area contributed by atoms with Crippen LogP contribution in [0.4, 0.5) is 5.95 Å². The van der Waals surface area contributed by atoms with Gasteiger partial charge >= 0.3 is 0 Å². The maximum atomic E-state index is 12.6. The van der Waals surface area contributed by atoms with E-state index in [1.54, 1.807) is 6.20 Å². The Morgan fingerprint density at radius 2 is 1.89 bits per heavy atom. The molecule has 0 saturated carbocycles. The van der Waals surface area contributed by atoms with Crippen LogP contribution in [0.25, 0.3) is 0 Å². The Bertz CT molecular complexity index is 843. The van der Waals surface area contributed by atoms with E-state index in [-0.39, 0.29) is 29.5 Å². The Balaban J connectivity index is 1.81. The molecule has 2 aromatic rings. The van der Waals surface area contributed by atoms with Gasteiger partial charge in [-0.2, -0.15) is 0 Å². The van der Waals surface area contributed by atoms with Crippen LogP contribution in [0, 0.1) is 5.92 Å². The molecule has 1 aromatic carbocycles. The molecule has 0 bridgehead atoms. The van der Waals surface area contributed by atoms with Crippen LogP contribution >= 0.6 is 0 Å². The molecular weight excluding hydrogens is 338 g/mol. The van der Waals surface area contributed by atoms with Gasteiger partial charge in [0.15, 0.2) is 5.78 Å². The second kappa shape index (κ2) is 7.99. The summed E-state index contributed by atoms with van der Waals surface area (Å²) in [5, 5.41) is 2.76. The molecule has 5 heteroatoms. The molecule has 1 aliphatic carbocycles. The van der Waals surface area contributed by atoms with Crippen LogP contribution in [-0.4, -0.2) is 21.7 Å². The number of benzene rings is 1. The zero-order valence-corrected chi connectivity index (χ0v) is 16.5. The highest BCUT2D eigenvalue weighted by Crippen LogP contribution is 2.32. The number of nitrogens with one attached hydrogen (secondary N) is 1. The van der Waals surface area contributed by atoms with Crippen molar-refractivity contribution in [1.29, 1.82) is 0 Å². The topological polar surface area (TPSA) is 72.0 Å². The number of hydrogen-bond donors (Lipinski definition) is 1. The van der Waals surface area contributed by atoms with Gasteiger partial charge in [-0.1, -0.05) is 52.0 Å². The predicted octanol–water partition coefficient (Wildman–Crippen LogP) is 4.50. The molecule has 1 aromatic heterocycles. The fourth-order valence-corrected chi connectivity index (χ4v) is 3.31. The van der Waals surface area contributed by atoms with E-state index in [1.807, 2.05) is 13.8 Å². The van der Waals surface area contributed by atoms with E-state index in [0.29, 0.717) is 24.3 Å². The second-order valence-electron chi connectivity index (χ2n) is 7.70. The number of hydrogen-bond acceptors (Lipinski definition) is 4. The monoisotopic (exact) mass is 365 g/mol. The summed E-state index contributed by atoms with van der Waals surface area (Å²) in [6.45, 7) is 8.17. The zero-order chi connectivity index (χ0) is 19.6. The van der Waals surface area contributed by atoms with E-state index in [0.717, 1.165) is 17.7 Å². The molecule has 27 heavy (non-hydrogen) atoms. The summed E-state index contributed by atoms with van der Waals surface area (Å²) in [7, 11) is 0. The van der Waals surface area contributed by atoms with Crippen LogP contribution in [0.3, 0.4) is 0 Å². The first kappa shape index (κ1) is 19.2. The third-order valence-electron chi connectivity index (χ3n) is 5.41. The number of Topliss-reactive ketones (excluding diaryl/α,β-unsaturated/α-hetero) is 1. The average molecular weight is 365 g/mol. The van der Waals surface area contributed by atoms with Crippen LogP contribution in [0.2, 0.25) is 0 Å². The minimum Gasteiger partial charge on any atom is -0.294 e. The van der Waals surface area contributed by atoms with E-state index in [4.69, 9.17) is 0 Å². The maximum Gasteiger partial charge on any atom is 0.229 e. The highest BCUT2D eigenvalue weighted by atomic mass is 16.2. The zero-order valence-electron chi connectivity index (χ0n) is 16.5. The van der Waals surface area contributed by atoms with Gasteiger partial charge in [0, 0.05) is 18.5 Å². The number of ketones is 1. The number of carbonyl (C=O) groups excluding carboxylic acids is 2. The lowest BCUT2D eigenvalue weighted by molar-refractivity contribution is -0.119. The van der Waals surface area contributed by atoms with E-state index in [1.165, 1.54) is 5.56 Å². The van der Waals surface area contributed by atoms with Crippen molar-refractivity contribution in [3.8, 4) is 0 Å². The number of aromatic nitrogens is 2. The SMILES string of the molecule is CC[C@@H](C)C(=O)Nc1ncc2c(n1)C[C@@H](c1ccc(C(C)C)cc1)CC2=O. The highest BCUT2D eigenvalue weighted by Gasteiger charge is 2.28. The molecule has 1 amide bonds. The summed E-state index contributed by atoms with van der Waals surface area (Å²) in [4.78, 5) is 33.3. The smallest absolute Gasteiger partial charge is 0.229 e. The second-order valence-corrected chi connectivity index (χ2v) is 7.70. The Hall–Kier alpha value is -2.56. The van der Waals surface area contributed by atoms with Crippen LogP contribution in [0.1, 0.15) is 79.6 Å². The summed E-state index contributed by atoms with van der Waals surface area (Å²) in [6.07, 6.45) is 3.45. The Morgan fingerprint density at radius 3 is 2.52 bits per heavy atom. The molecule has 0 spiro atoms. The van der Waals surface area contributed by atoms with Crippen molar-refractivity contribution in [2.75, 3.05) is 5.32 Å². The lowest BCUT2D eigenvalue weighted by atomic mass is 9.81. The van der Waals surface area contributed by atoms with Gasteiger partial charge < -0.3 is 0 Å². The fourth-order valence-electron chi connectivity index (χ4n) is 3.31. The number of fused-ring (bicyclic) bond motifs is 1. The van der Waals surface area contributed by atoms with Crippen molar-refractivity contribution in [1.82, 2.24) is 9.97 Å². The molecule has 0 unspecified atom stereocenters. The number of nitrogens with zero attached hydrogens (tertiary/aromatic N) is 2. The largest absolute Gasteiger partial charge is 0.294 e. The van der Waals surface area contributed by atoms with Crippen molar-refractivity contribution in [2.24, 2.45) is 5.92 Å². The minimum atomic E-state index is -0.0986. The summed E-state index contributed by atoms with van der Waals surface area (Å²) in [5.74, 6) is 0.743. The summed E-state index contributed by atoms with van der Waals surface area (Å²) in [6, 6.07) is 8.51. The van der Waals surface area contributed by atoms with Crippen LogP contribution in [-0.2, 0) is 11.2 Å². The number of rotatable bonds is 5. The van der Waals surface area contributed by atoms with Gasteiger partial charge in [0.1, 0.15) is 0 Å². The van der Waals surface area contributed by atoms with Gasteiger partial charge in [0.05, 0.1) is 11.3 Å². The van der Waals surface area contributed by atoms with Gasteiger partial charge in [0.2, 0.25) is 11.9 Å². The maximum absolute atomic E-state index is 12.6. The van der Waals surface area contributed by atoms with Crippen molar-refractivity contribution < 1.29 is 9.59 Å². The summed E-state index contributed by atoms with van der Waals surface area (Å²) < 4.78 is 0. The highest BCUT2D eigenvalue weighted by molar-refractivity contribution is 5.99. The third-order valence-corrected chi connectivity index (χ3v) is 5.41. The van der Waals surface area contributed by atoms with Gasteiger partial charge in [-0.25, -0.2) is 9.97 Å². The first-order chi connectivity index (χ1) is 12.9. The first-order valence-electron chi connectivity index (χ1n) is 9.68. The van der Waals surface area contributed by atoms with Crippen LogP contribution in [0.5, 0.6) is 0 Å². The summed E-state index contributed by atoms with van der Waals surface area (Å²) >= 11 is 0. The van der Waals surface area contributed by atoms with Gasteiger partial charge in [-0.15, -0.1) is 0 Å². The molecule has 0 aliphatic heterocycles. The lowest BCUT2D eigenvalue weighted by Crippen LogP contribution is -2.24. The van der Waals surface area contributed by atoms with Gasteiger partial charge in [-0.3, -0.25) is 14.9 Å². The number of amides is 1. The fraction of sp³-hybridized carbons (Fsp3) is 0.455. The molecule has 142 valence electrons. The van der Waals surface area contributed by atoms with Crippen molar-refractivity contribution in [3.05, 3.63) is 52.8 Å². The summed E-state index contributed by atoms with van der Waals surface area (Å²) in [5.41, 5.74) is 3.74. The average Bonchev–Trinajstić information content (AvgIpc) is 2.67. The van der Waals surface area contributed by atoms with Gasteiger partial charge in [0.25, 0.3) is 0 Å². The molecule has 1 N–H and O–H groups in total. The standard InChI is InChI=1S/C22H27N3O2/c1-5-14(4)21(27)25-22-23-12-18-19(24-22)10-17(11-20(18)26)16-8-6-15(7-9-16)13(2)3/h6-9,12-14,17H,5,10-11H2,1-4H3,(H,23,24,25,27)/t14-,17-/m1/s1. The normalized spacial score (nSPS) is 17.5. The van der Waals surface area contributed by atoms with E-state index in [2.05, 4.69) is 53.4 Å². The molecule has 0 radical (unpaired) electrons. The molecule has 3 rings (SSSR count).